The predicted octanol–water partition coefficient (Wildman–Crippen LogP) is 2.99. The molecule has 0 fully saturated rings. The SMILES string of the molecule is O=C(O)CCCc1cccc(CBr)c1. The number of carboxylic acid groups (broad SMARTS) is 1. The van der Waals surface area contributed by atoms with Gasteiger partial charge in [-0.25, -0.2) is 0 Å². The Hall–Kier alpha value is -0.830. The molecule has 0 unspecified atom stereocenters. The highest BCUT2D eigenvalue weighted by Crippen LogP contribution is 2.11. The number of hydrogen-bond donors (Lipinski definition) is 1. The fourth-order valence-electron chi connectivity index (χ4n) is 1.31. The number of carboxylic acids is 1. The van der Waals surface area contributed by atoms with Crippen molar-refractivity contribution in [2.24, 2.45) is 0 Å². The maximum atomic E-state index is 10.3. The van der Waals surface area contributed by atoms with Crippen LogP contribution in [-0.2, 0) is 16.5 Å². The first kappa shape index (κ1) is 11.2. The van der Waals surface area contributed by atoms with Crippen LogP contribution in [0.4, 0.5) is 0 Å². The molecule has 0 bridgehead atoms. The Bertz CT molecular complexity index is 310. The van der Waals surface area contributed by atoms with E-state index in [0.717, 1.165) is 11.8 Å². The Morgan fingerprint density at radius 1 is 1.36 bits per heavy atom. The molecule has 0 spiro atoms. The van der Waals surface area contributed by atoms with Crippen molar-refractivity contribution in [3.8, 4) is 0 Å². The summed E-state index contributed by atoms with van der Waals surface area (Å²) in [5, 5.41) is 9.33. The van der Waals surface area contributed by atoms with E-state index in [1.165, 1.54) is 11.1 Å². The van der Waals surface area contributed by atoms with E-state index in [0.29, 0.717) is 6.42 Å². The second-order valence-electron chi connectivity index (χ2n) is 3.20. The van der Waals surface area contributed by atoms with E-state index in [4.69, 9.17) is 5.11 Å². The van der Waals surface area contributed by atoms with Crippen LogP contribution < -0.4 is 0 Å². The number of alkyl halides is 1. The molecule has 0 aliphatic carbocycles. The van der Waals surface area contributed by atoms with Crippen LogP contribution in [0, 0.1) is 0 Å². The molecular weight excluding hydrogens is 244 g/mol. The number of rotatable bonds is 5. The minimum absolute atomic E-state index is 0.249. The molecule has 0 aliphatic heterocycles. The summed E-state index contributed by atoms with van der Waals surface area (Å²) in [6.07, 6.45) is 1.80. The fraction of sp³-hybridized carbons (Fsp3) is 0.364. The zero-order valence-corrected chi connectivity index (χ0v) is 9.46. The normalized spacial score (nSPS) is 10.1. The van der Waals surface area contributed by atoms with Gasteiger partial charge in [-0.05, 0) is 24.0 Å². The molecule has 14 heavy (non-hydrogen) atoms. The topological polar surface area (TPSA) is 37.3 Å². The molecule has 0 saturated carbocycles. The van der Waals surface area contributed by atoms with Crippen LogP contribution in [0.1, 0.15) is 24.0 Å². The molecule has 0 heterocycles. The van der Waals surface area contributed by atoms with Crippen LogP contribution in [0.3, 0.4) is 0 Å². The van der Waals surface area contributed by atoms with E-state index in [1.807, 2.05) is 12.1 Å². The molecule has 1 aromatic rings. The number of halogens is 1. The fourth-order valence-corrected chi connectivity index (χ4v) is 1.66. The lowest BCUT2D eigenvalue weighted by molar-refractivity contribution is -0.137. The van der Waals surface area contributed by atoms with Crippen molar-refractivity contribution in [2.45, 2.75) is 24.6 Å². The second kappa shape index (κ2) is 5.81. The van der Waals surface area contributed by atoms with Gasteiger partial charge in [0, 0.05) is 11.8 Å². The number of hydrogen-bond acceptors (Lipinski definition) is 1. The third-order valence-electron chi connectivity index (χ3n) is 2.00. The maximum Gasteiger partial charge on any atom is 0.303 e. The first-order valence-electron chi connectivity index (χ1n) is 4.58. The van der Waals surface area contributed by atoms with Crippen molar-refractivity contribution in [1.82, 2.24) is 0 Å². The molecule has 1 aromatic carbocycles. The molecule has 3 heteroatoms. The molecular formula is C11H13BrO2. The van der Waals surface area contributed by atoms with Crippen LogP contribution in [0.2, 0.25) is 0 Å². The lowest BCUT2D eigenvalue weighted by Crippen LogP contribution is -1.96. The molecule has 2 nitrogen and oxygen atoms in total. The van der Waals surface area contributed by atoms with E-state index in [9.17, 15) is 4.79 Å². The smallest absolute Gasteiger partial charge is 0.303 e. The summed E-state index contributed by atoms with van der Waals surface area (Å²) >= 11 is 3.39. The van der Waals surface area contributed by atoms with E-state index < -0.39 is 5.97 Å². The van der Waals surface area contributed by atoms with Crippen molar-refractivity contribution >= 4 is 21.9 Å². The van der Waals surface area contributed by atoms with Gasteiger partial charge in [0.25, 0.3) is 0 Å². The summed E-state index contributed by atoms with van der Waals surface area (Å²) in [7, 11) is 0. The van der Waals surface area contributed by atoms with Crippen molar-refractivity contribution in [3.05, 3.63) is 35.4 Å². The van der Waals surface area contributed by atoms with Gasteiger partial charge in [-0.15, -0.1) is 0 Å². The van der Waals surface area contributed by atoms with Crippen LogP contribution >= 0.6 is 15.9 Å². The van der Waals surface area contributed by atoms with Crippen molar-refractivity contribution in [1.29, 1.82) is 0 Å². The Morgan fingerprint density at radius 2 is 2.07 bits per heavy atom. The van der Waals surface area contributed by atoms with Crippen LogP contribution in [0.5, 0.6) is 0 Å². The highest BCUT2D eigenvalue weighted by molar-refractivity contribution is 9.08. The second-order valence-corrected chi connectivity index (χ2v) is 3.76. The minimum Gasteiger partial charge on any atom is -0.481 e. The number of aryl methyl sites for hydroxylation is 1. The average Bonchev–Trinajstić information content (AvgIpc) is 2.18. The van der Waals surface area contributed by atoms with Crippen LogP contribution in [0.15, 0.2) is 24.3 Å². The van der Waals surface area contributed by atoms with Gasteiger partial charge in [-0.1, -0.05) is 40.2 Å². The summed E-state index contributed by atoms with van der Waals surface area (Å²) in [5.41, 5.74) is 2.45. The van der Waals surface area contributed by atoms with E-state index in [2.05, 4.69) is 28.1 Å². The van der Waals surface area contributed by atoms with Gasteiger partial charge < -0.3 is 5.11 Å². The van der Waals surface area contributed by atoms with E-state index in [1.54, 1.807) is 0 Å². The summed E-state index contributed by atoms with van der Waals surface area (Å²) in [6.45, 7) is 0. The van der Waals surface area contributed by atoms with Gasteiger partial charge >= 0.3 is 5.97 Å². The van der Waals surface area contributed by atoms with Gasteiger partial charge in [0.15, 0.2) is 0 Å². The van der Waals surface area contributed by atoms with Gasteiger partial charge in [-0.2, -0.15) is 0 Å². The molecule has 76 valence electrons. The minimum atomic E-state index is -0.721. The molecule has 0 aromatic heterocycles. The Kier molecular flexibility index (Phi) is 4.66. The zero-order valence-electron chi connectivity index (χ0n) is 7.87. The van der Waals surface area contributed by atoms with Gasteiger partial charge in [0.1, 0.15) is 0 Å². The van der Waals surface area contributed by atoms with Gasteiger partial charge in [-0.3, -0.25) is 4.79 Å². The number of benzene rings is 1. The van der Waals surface area contributed by atoms with Crippen molar-refractivity contribution < 1.29 is 9.90 Å². The molecule has 0 saturated heterocycles. The van der Waals surface area contributed by atoms with E-state index in [-0.39, 0.29) is 6.42 Å². The summed E-state index contributed by atoms with van der Waals surface area (Å²) in [4.78, 5) is 10.3. The third kappa shape index (κ3) is 3.92. The standard InChI is InChI=1S/C11H13BrO2/c12-8-10-5-1-3-9(7-10)4-2-6-11(13)14/h1,3,5,7H,2,4,6,8H2,(H,13,14). The summed E-state index contributed by atoms with van der Waals surface area (Å²) in [6, 6.07) is 8.20. The maximum absolute atomic E-state index is 10.3. The summed E-state index contributed by atoms with van der Waals surface area (Å²) < 4.78 is 0. The van der Waals surface area contributed by atoms with Crippen LogP contribution in [-0.4, -0.2) is 11.1 Å². The lowest BCUT2D eigenvalue weighted by atomic mass is 10.1. The molecule has 1 rings (SSSR count). The molecule has 0 radical (unpaired) electrons. The lowest BCUT2D eigenvalue weighted by Gasteiger charge is -2.01. The van der Waals surface area contributed by atoms with Gasteiger partial charge in [0.05, 0.1) is 0 Å². The molecule has 0 aliphatic rings. The highest BCUT2D eigenvalue weighted by Gasteiger charge is 1.98. The Morgan fingerprint density at radius 3 is 2.71 bits per heavy atom. The summed E-state index contributed by atoms with van der Waals surface area (Å²) in [5.74, 6) is -0.721. The molecule has 0 atom stereocenters. The average molecular weight is 257 g/mol. The predicted molar refractivity (Wildman–Crippen MR) is 59.6 cm³/mol. The van der Waals surface area contributed by atoms with Crippen molar-refractivity contribution in [2.75, 3.05) is 0 Å². The molecule has 1 N–H and O–H groups in total. The van der Waals surface area contributed by atoms with Gasteiger partial charge in [0.2, 0.25) is 0 Å². The Balaban J connectivity index is 2.46. The quantitative estimate of drug-likeness (QED) is 0.823. The van der Waals surface area contributed by atoms with Crippen LogP contribution in [0.25, 0.3) is 0 Å². The number of carbonyl (C=O) groups is 1. The highest BCUT2D eigenvalue weighted by atomic mass is 79.9. The monoisotopic (exact) mass is 256 g/mol. The molecule has 0 amide bonds. The first-order chi connectivity index (χ1) is 6.72. The largest absolute Gasteiger partial charge is 0.481 e. The zero-order chi connectivity index (χ0) is 10.4. The van der Waals surface area contributed by atoms with E-state index >= 15 is 0 Å². The number of aliphatic carboxylic acids is 1. The first-order valence-corrected chi connectivity index (χ1v) is 5.70. The Labute approximate surface area is 92.1 Å². The van der Waals surface area contributed by atoms with Crippen molar-refractivity contribution in [3.63, 3.8) is 0 Å². The third-order valence-corrected chi connectivity index (χ3v) is 2.65.